The molecule has 17 heavy (non-hydrogen) atoms. The lowest BCUT2D eigenvalue weighted by Gasteiger charge is -2.29. The van der Waals surface area contributed by atoms with Gasteiger partial charge in [-0.3, -0.25) is 14.6 Å². The highest BCUT2D eigenvalue weighted by molar-refractivity contribution is 5.92. The average Bonchev–Trinajstić information content (AvgIpc) is 2.28. The van der Waals surface area contributed by atoms with Gasteiger partial charge in [0.2, 0.25) is 0 Å². The summed E-state index contributed by atoms with van der Waals surface area (Å²) >= 11 is 0. The number of nitrogens with one attached hydrogen (secondary N) is 2. The summed E-state index contributed by atoms with van der Waals surface area (Å²) < 4.78 is 0. The Morgan fingerprint density at radius 1 is 1.29 bits per heavy atom. The summed E-state index contributed by atoms with van der Waals surface area (Å²) in [6, 6.07) is 1.06. The molecule has 0 unspecified atom stereocenters. The zero-order chi connectivity index (χ0) is 12.4. The number of amides is 1. The van der Waals surface area contributed by atoms with Gasteiger partial charge in [0, 0.05) is 19.2 Å². The molecule has 92 valence electrons. The fourth-order valence-electron chi connectivity index (χ4n) is 1.82. The molecule has 1 aromatic rings. The van der Waals surface area contributed by atoms with Gasteiger partial charge in [0.05, 0.1) is 6.10 Å². The van der Waals surface area contributed by atoms with E-state index in [-0.39, 0.29) is 17.7 Å². The van der Waals surface area contributed by atoms with Crippen LogP contribution in [0.25, 0.3) is 0 Å². The van der Waals surface area contributed by atoms with E-state index in [1.54, 1.807) is 0 Å². The number of aromatic amines is 2. The molecule has 0 aliphatic carbocycles. The summed E-state index contributed by atoms with van der Waals surface area (Å²) in [5.41, 5.74) is -1.32. The first-order valence-electron chi connectivity index (χ1n) is 5.37. The highest BCUT2D eigenvalue weighted by Gasteiger charge is 2.23. The Bertz CT molecular complexity index is 497. The SMILES string of the molecule is O=C(c1cc(=O)[nH]c(=O)[nH]1)N1CCC(O)CC1. The van der Waals surface area contributed by atoms with E-state index in [9.17, 15) is 19.5 Å². The van der Waals surface area contributed by atoms with Crippen molar-refractivity contribution in [2.24, 2.45) is 0 Å². The summed E-state index contributed by atoms with van der Waals surface area (Å²) in [5, 5.41) is 9.32. The second-order valence-corrected chi connectivity index (χ2v) is 4.02. The molecular weight excluding hydrogens is 226 g/mol. The molecule has 1 fully saturated rings. The maximum atomic E-state index is 11.9. The van der Waals surface area contributed by atoms with Crippen molar-refractivity contribution < 1.29 is 9.90 Å². The van der Waals surface area contributed by atoms with Crippen LogP contribution < -0.4 is 11.2 Å². The van der Waals surface area contributed by atoms with E-state index in [1.807, 2.05) is 4.98 Å². The van der Waals surface area contributed by atoms with Gasteiger partial charge >= 0.3 is 5.69 Å². The van der Waals surface area contributed by atoms with Crippen molar-refractivity contribution in [1.29, 1.82) is 0 Å². The highest BCUT2D eigenvalue weighted by atomic mass is 16.3. The van der Waals surface area contributed by atoms with Gasteiger partial charge in [-0.2, -0.15) is 0 Å². The van der Waals surface area contributed by atoms with Crippen LogP contribution in [0.15, 0.2) is 15.7 Å². The zero-order valence-electron chi connectivity index (χ0n) is 9.10. The first-order chi connectivity index (χ1) is 8.06. The second kappa shape index (κ2) is 4.54. The predicted octanol–water partition coefficient (Wildman–Crippen LogP) is -1.34. The average molecular weight is 239 g/mol. The van der Waals surface area contributed by atoms with E-state index in [4.69, 9.17) is 0 Å². The minimum atomic E-state index is -0.696. The molecule has 0 aromatic carbocycles. The monoisotopic (exact) mass is 239 g/mol. The number of aliphatic hydroxyl groups excluding tert-OH is 1. The van der Waals surface area contributed by atoms with Crippen molar-refractivity contribution >= 4 is 5.91 Å². The molecule has 1 aromatic heterocycles. The maximum absolute atomic E-state index is 11.9. The van der Waals surface area contributed by atoms with Gasteiger partial charge in [-0.25, -0.2) is 4.79 Å². The third-order valence-electron chi connectivity index (χ3n) is 2.74. The van der Waals surface area contributed by atoms with Crippen molar-refractivity contribution in [1.82, 2.24) is 14.9 Å². The number of hydrogen-bond donors (Lipinski definition) is 3. The van der Waals surface area contributed by atoms with E-state index in [0.717, 1.165) is 6.07 Å². The van der Waals surface area contributed by atoms with Crippen LogP contribution in [0.1, 0.15) is 23.3 Å². The van der Waals surface area contributed by atoms with Gasteiger partial charge in [0.15, 0.2) is 0 Å². The molecule has 1 aliphatic heterocycles. The standard InChI is InChI=1S/C10H13N3O4/c14-6-1-3-13(4-2-6)9(16)7-5-8(15)12-10(17)11-7/h5-6,14H,1-4H2,(H2,11,12,15,17). The number of nitrogens with zero attached hydrogens (tertiary/aromatic N) is 1. The van der Waals surface area contributed by atoms with Crippen LogP contribution in [0, 0.1) is 0 Å². The molecule has 7 nitrogen and oxygen atoms in total. The number of rotatable bonds is 1. The quantitative estimate of drug-likeness (QED) is 0.564. The normalized spacial score (nSPS) is 17.1. The minimum Gasteiger partial charge on any atom is -0.393 e. The Hall–Kier alpha value is -1.89. The molecule has 2 heterocycles. The lowest BCUT2D eigenvalue weighted by molar-refractivity contribution is 0.0541. The molecule has 0 radical (unpaired) electrons. The Morgan fingerprint density at radius 2 is 1.94 bits per heavy atom. The Kier molecular flexibility index (Phi) is 3.10. The summed E-state index contributed by atoms with van der Waals surface area (Å²) in [6.45, 7) is 0.851. The van der Waals surface area contributed by atoms with E-state index in [0.29, 0.717) is 25.9 Å². The second-order valence-electron chi connectivity index (χ2n) is 4.02. The van der Waals surface area contributed by atoms with Gasteiger partial charge < -0.3 is 15.0 Å². The van der Waals surface area contributed by atoms with E-state index in [2.05, 4.69) is 4.98 Å². The lowest BCUT2D eigenvalue weighted by Crippen LogP contribution is -2.41. The van der Waals surface area contributed by atoms with Crippen molar-refractivity contribution in [3.05, 3.63) is 32.6 Å². The third kappa shape index (κ3) is 2.62. The fraction of sp³-hybridized carbons (Fsp3) is 0.500. The number of H-pyrrole nitrogens is 2. The van der Waals surface area contributed by atoms with E-state index < -0.39 is 11.2 Å². The largest absolute Gasteiger partial charge is 0.393 e. The molecule has 0 saturated carbocycles. The molecule has 1 aliphatic rings. The molecule has 1 amide bonds. The van der Waals surface area contributed by atoms with Crippen LogP contribution in [0.3, 0.4) is 0 Å². The number of aliphatic hydroxyl groups is 1. The van der Waals surface area contributed by atoms with E-state index in [1.165, 1.54) is 4.90 Å². The Morgan fingerprint density at radius 3 is 2.53 bits per heavy atom. The van der Waals surface area contributed by atoms with Gasteiger partial charge in [0.1, 0.15) is 5.69 Å². The first-order valence-corrected chi connectivity index (χ1v) is 5.37. The fourth-order valence-corrected chi connectivity index (χ4v) is 1.82. The maximum Gasteiger partial charge on any atom is 0.326 e. The molecule has 2 rings (SSSR count). The van der Waals surface area contributed by atoms with Crippen molar-refractivity contribution in [3.8, 4) is 0 Å². The van der Waals surface area contributed by atoms with Crippen LogP contribution in [0.2, 0.25) is 0 Å². The van der Waals surface area contributed by atoms with Gasteiger partial charge in [-0.05, 0) is 12.8 Å². The molecule has 3 N–H and O–H groups in total. The molecule has 0 spiro atoms. The zero-order valence-corrected chi connectivity index (χ0v) is 9.10. The van der Waals surface area contributed by atoms with Crippen LogP contribution in [-0.4, -0.2) is 45.1 Å². The molecular formula is C10H13N3O4. The highest BCUT2D eigenvalue weighted by Crippen LogP contribution is 2.11. The van der Waals surface area contributed by atoms with Crippen molar-refractivity contribution in [3.63, 3.8) is 0 Å². The first kappa shape index (κ1) is 11.6. The Labute approximate surface area is 96.1 Å². The molecule has 1 saturated heterocycles. The third-order valence-corrected chi connectivity index (χ3v) is 2.74. The van der Waals surface area contributed by atoms with Crippen LogP contribution in [0.4, 0.5) is 0 Å². The van der Waals surface area contributed by atoms with Gasteiger partial charge in [-0.15, -0.1) is 0 Å². The predicted molar refractivity (Wildman–Crippen MR) is 58.8 cm³/mol. The molecule has 0 bridgehead atoms. The number of carbonyl (C=O) groups is 1. The van der Waals surface area contributed by atoms with Crippen LogP contribution in [0.5, 0.6) is 0 Å². The number of likely N-dealkylation sites (tertiary alicyclic amines) is 1. The number of piperidine rings is 1. The van der Waals surface area contributed by atoms with Crippen molar-refractivity contribution in [2.75, 3.05) is 13.1 Å². The van der Waals surface area contributed by atoms with Crippen LogP contribution in [-0.2, 0) is 0 Å². The molecule has 0 atom stereocenters. The number of hydrogen-bond acceptors (Lipinski definition) is 4. The minimum absolute atomic E-state index is 0.0184. The van der Waals surface area contributed by atoms with Gasteiger partial charge in [-0.1, -0.05) is 0 Å². The van der Waals surface area contributed by atoms with Gasteiger partial charge in [0.25, 0.3) is 11.5 Å². The molecule has 7 heteroatoms. The number of aromatic nitrogens is 2. The van der Waals surface area contributed by atoms with Crippen molar-refractivity contribution in [2.45, 2.75) is 18.9 Å². The summed E-state index contributed by atoms with van der Waals surface area (Å²) in [7, 11) is 0. The van der Waals surface area contributed by atoms with Crippen LogP contribution >= 0.6 is 0 Å². The summed E-state index contributed by atoms with van der Waals surface area (Å²) in [5.74, 6) is -0.389. The summed E-state index contributed by atoms with van der Waals surface area (Å²) in [4.78, 5) is 39.8. The summed E-state index contributed by atoms with van der Waals surface area (Å²) in [6.07, 6.45) is 0.649. The smallest absolute Gasteiger partial charge is 0.326 e. The Balaban J connectivity index is 2.19. The number of carbonyl (C=O) groups excluding carboxylic acids is 1. The lowest BCUT2D eigenvalue weighted by atomic mass is 10.1. The van der Waals surface area contributed by atoms with E-state index >= 15 is 0 Å². The topological polar surface area (TPSA) is 106 Å².